The Bertz CT molecular complexity index is 589. The topological polar surface area (TPSA) is 49.0 Å². The number of aromatic nitrogens is 2. The third kappa shape index (κ3) is 2.77. The first-order chi connectivity index (χ1) is 9.74. The van der Waals surface area contributed by atoms with Gasteiger partial charge in [0.2, 0.25) is 0 Å². The second-order valence-electron chi connectivity index (χ2n) is 5.05. The minimum Gasteiger partial charge on any atom is -0.348 e. The Balaban J connectivity index is 1.65. The van der Waals surface area contributed by atoms with E-state index in [0.29, 0.717) is 5.92 Å². The van der Waals surface area contributed by atoms with Crippen LogP contribution in [0.5, 0.6) is 0 Å². The molecule has 20 heavy (non-hydrogen) atoms. The number of benzene rings is 1. The number of amides is 1. The van der Waals surface area contributed by atoms with Crippen LogP contribution in [-0.4, -0.2) is 33.9 Å². The maximum atomic E-state index is 12.4. The molecular formula is C15H16BrN3O. The highest BCUT2D eigenvalue weighted by molar-refractivity contribution is 9.10. The number of hydrogen-bond acceptors (Lipinski definition) is 2. The van der Waals surface area contributed by atoms with Gasteiger partial charge in [0.25, 0.3) is 5.91 Å². The summed E-state index contributed by atoms with van der Waals surface area (Å²) in [5.74, 6) is 1.60. The van der Waals surface area contributed by atoms with Crippen molar-refractivity contribution in [3.05, 3.63) is 52.5 Å². The molecular weight excluding hydrogens is 318 g/mol. The highest BCUT2D eigenvalue weighted by Gasteiger charge is 2.25. The summed E-state index contributed by atoms with van der Waals surface area (Å²) in [6, 6.07) is 7.57. The van der Waals surface area contributed by atoms with Gasteiger partial charge in [0.1, 0.15) is 5.82 Å². The van der Waals surface area contributed by atoms with Gasteiger partial charge < -0.3 is 9.88 Å². The van der Waals surface area contributed by atoms with Crippen LogP contribution < -0.4 is 0 Å². The molecule has 0 radical (unpaired) electrons. The third-order valence-corrected chi connectivity index (χ3v) is 4.25. The summed E-state index contributed by atoms with van der Waals surface area (Å²) in [6.07, 6.45) is 5.57. The lowest BCUT2D eigenvalue weighted by Gasteiger charge is -2.31. The van der Waals surface area contributed by atoms with Gasteiger partial charge in [-0.05, 0) is 31.0 Å². The fourth-order valence-electron chi connectivity index (χ4n) is 2.66. The van der Waals surface area contributed by atoms with Crippen LogP contribution in [0.1, 0.15) is 34.9 Å². The molecule has 0 atom stereocenters. The van der Waals surface area contributed by atoms with Crippen molar-refractivity contribution in [2.24, 2.45) is 0 Å². The number of carbonyl (C=O) groups is 1. The highest BCUT2D eigenvalue weighted by atomic mass is 79.9. The summed E-state index contributed by atoms with van der Waals surface area (Å²) >= 11 is 3.41. The second-order valence-corrected chi connectivity index (χ2v) is 5.97. The minimum absolute atomic E-state index is 0.115. The van der Waals surface area contributed by atoms with Crippen molar-refractivity contribution < 1.29 is 4.79 Å². The number of rotatable bonds is 2. The molecule has 3 rings (SSSR count). The Morgan fingerprint density at radius 3 is 2.80 bits per heavy atom. The summed E-state index contributed by atoms with van der Waals surface area (Å²) in [6.45, 7) is 1.58. The van der Waals surface area contributed by atoms with E-state index in [4.69, 9.17) is 0 Å². The average Bonchev–Trinajstić information content (AvgIpc) is 3.01. The lowest BCUT2D eigenvalue weighted by atomic mass is 9.95. The predicted molar refractivity (Wildman–Crippen MR) is 80.6 cm³/mol. The molecule has 0 spiro atoms. The largest absolute Gasteiger partial charge is 0.348 e. The van der Waals surface area contributed by atoms with E-state index in [1.54, 1.807) is 6.20 Å². The van der Waals surface area contributed by atoms with E-state index in [1.165, 1.54) is 0 Å². The summed E-state index contributed by atoms with van der Waals surface area (Å²) in [4.78, 5) is 21.8. The number of piperidine rings is 1. The number of nitrogens with one attached hydrogen (secondary N) is 1. The molecule has 2 aromatic rings. The van der Waals surface area contributed by atoms with Crippen molar-refractivity contribution in [2.75, 3.05) is 13.1 Å². The number of imidazole rings is 1. The van der Waals surface area contributed by atoms with Crippen LogP contribution in [0, 0.1) is 0 Å². The first-order valence-electron chi connectivity index (χ1n) is 6.78. The Labute approximate surface area is 126 Å². The maximum Gasteiger partial charge on any atom is 0.253 e. The van der Waals surface area contributed by atoms with Crippen molar-refractivity contribution in [3.8, 4) is 0 Å². The first kappa shape index (κ1) is 13.4. The van der Waals surface area contributed by atoms with Gasteiger partial charge in [0.05, 0.1) is 0 Å². The Hall–Kier alpha value is -1.62. The predicted octanol–water partition coefficient (Wildman–Crippen LogP) is 3.19. The summed E-state index contributed by atoms with van der Waals surface area (Å²) < 4.78 is 0.939. The molecule has 1 aliphatic rings. The van der Waals surface area contributed by atoms with E-state index in [2.05, 4.69) is 25.9 Å². The molecule has 0 bridgehead atoms. The Morgan fingerprint density at radius 2 is 2.15 bits per heavy atom. The number of hydrogen-bond donors (Lipinski definition) is 1. The highest BCUT2D eigenvalue weighted by Crippen LogP contribution is 2.26. The van der Waals surface area contributed by atoms with Gasteiger partial charge in [-0.1, -0.05) is 22.0 Å². The molecule has 5 heteroatoms. The molecule has 0 aliphatic carbocycles. The Morgan fingerprint density at radius 1 is 1.35 bits per heavy atom. The quantitative estimate of drug-likeness (QED) is 0.917. The molecule has 1 aromatic carbocycles. The Kier molecular flexibility index (Phi) is 3.87. The molecule has 104 valence electrons. The van der Waals surface area contributed by atoms with E-state index >= 15 is 0 Å². The standard InChI is InChI=1S/C15H16BrN3O/c16-13-3-1-2-12(10-13)15(20)19-8-4-11(5-9-19)14-17-6-7-18-14/h1-3,6-7,10-11H,4-5,8-9H2,(H,17,18). The number of halogens is 1. The van der Waals surface area contributed by atoms with E-state index < -0.39 is 0 Å². The van der Waals surface area contributed by atoms with E-state index in [0.717, 1.165) is 41.8 Å². The molecule has 1 aliphatic heterocycles. The van der Waals surface area contributed by atoms with Crippen LogP contribution in [0.3, 0.4) is 0 Å². The molecule has 0 unspecified atom stereocenters. The van der Waals surface area contributed by atoms with Crippen LogP contribution in [-0.2, 0) is 0 Å². The van der Waals surface area contributed by atoms with Gasteiger partial charge in [0, 0.05) is 41.4 Å². The maximum absolute atomic E-state index is 12.4. The van der Waals surface area contributed by atoms with Crippen LogP contribution in [0.2, 0.25) is 0 Å². The molecule has 1 amide bonds. The van der Waals surface area contributed by atoms with Crippen molar-refractivity contribution in [1.29, 1.82) is 0 Å². The van der Waals surface area contributed by atoms with Crippen molar-refractivity contribution >= 4 is 21.8 Å². The number of likely N-dealkylation sites (tertiary alicyclic amines) is 1. The van der Waals surface area contributed by atoms with Crippen LogP contribution in [0.15, 0.2) is 41.1 Å². The molecule has 1 saturated heterocycles. The van der Waals surface area contributed by atoms with Crippen molar-refractivity contribution in [3.63, 3.8) is 0 Å². The van der Waals surface area contributed by atoms with E-state index in [-0.39, 0.29) is 5.91 Å². The van der Waals surface area contributed by atoms with Crippen LogP contribution in [0.25, 0.3) is 0 Å². The van der Waals surface area contributed by atoms with Crippen molar-refractivity contribution in [1.82, 2.24) is 14.9 Å². The van der Waals surface area contributed by atoms with Gasteiger partial charge in [-0.25, -0.2) is 4.98 Å². The number of carbonyl (C=O) groups excluding carboxylic acids is 1. The van der Waals surface area contributed by atoms with Crippen LogP contribution in [0.4, 0.5) is 0 Å². The second kappa shape index (κ2) is 5.79. The van der Waals surface area contributed by atoms with E-state index in [1.807, 2.05) is 35.4 Å². The van der Waals surface area contributed by atoms with Gasteiger partial charge >= 0.3 is 0 Å². The zero-order valence-electron chi connectivity index (χ0n) is 11.1. The fourth-order valence-corrected chi connectivity index (χ4v) is 3.06. The van der Waals surface area contributed by atoms with Crippen molar-refractivity contribution in [2.45, 2.75) is 18.8 Å². The molecule has 2 heterocycles. The monoisotopic (exact) mass is 333 g/mol. The zero-order chi connectivity index (χ0) is 13.9. The third-order valence-electron chi connectivity index (χ3n) is 3.76. The SMILES string of the molecule is O=C(c1cccc(Br)c1)N1CCC(c2ncc[nH]2)CC1. The van der Waals surface area contributed by atoms with Gasteiger partial charge in [0.15, 0.2) is 0 Å². The molecule has 0 saturated carbocycles. The number of aromatic amines is 1. The van der Waals surface area contributed by atoms with Crippen LogP contribution >= 0.6 is 15.9 Å². The summed E-state index contributed by atoms with van der Waals surface area (Å²) in [5.41, 5.74) is 0.746. The van der Waals surface area contributed by atoms with Gasteiger partial charge in [-0.15, -0.1) is 0 Å². The first-order valence-corrected chi connectivity index (χ1v) is 7.57. The molecule has 1 N–H and O–H groups in total. The normalized spacial score (nSPS) is 16.4. The zero-order valence-corrected chi connectivity index (χ0v) is 12.6. The van der Waals surface area contributed by atoms with Gasteiger partial charge in [-0.2, -0.15) is 0 Å². The lowest BCUT2D eigenvalue weighted by molar-refractivity contribution is 0.0711. The van der Waals surface area contributed by atoms with E-state index in [9.17, 15) is 4.79 Å². The lowest BCUT2D eigenvalue weighted by Crippen LogP contribution is -2.38. The summed E-state index contributed by atoms with van der Waals surface area (Å²) in [7, 11) is 0. The average molecular weight is 334 g/mol. The minimum atomic E-state index is 0.115. The fraction of sp³-hybridized carbons (Fsp3) is 0.333. The molecule has 4 nitrogen and oxygen atoms in total. The number of H-pyrrole nitrogens is 1. The smallest absolute Gasteiger partial charge is 0.253 e. The molecule has 1 fully saturated rings. The van der Waals surface area contributed by atoms with Gasteiger partial charge in [-0.3, -0.25) is 4.79 Å². The summed E-state index contributed by atoms with van der Waals surface area (Å²) in [5, 5.41) is 0. The molecule has 1 aromatic heterocycles. The number of nitrogens with zero attached hydrogens (tertiary/aromatic N) is 2.